The SMILES string of the molecule is CC1(CC(=O)NCC2CCOCC2(C)C)OCCO1. The van der Waals surface area contributed by atoms with Crippen LogP contribution in [0.3, 0.4) is 0 Å². The average Bonchev–Trinajstić information content (AvgIpc) is 2.73. The smallest absolute Gasteiger partial charge is 0.225 e. The van der Waals surface area contributed by atoms with Crippen LogP contribution >= 0.6 is 0 Å². The number of hydrogen-bond acceptors (Lipinski definition) is 4. The quantitative estimate of drug-likeness (QED) is 0.838. The van der Waals surface area contributed by atoms with Crippen LogP contribution in [0.25, 0.3) is 0 Å². The molecule has 2 aliphatic heterocycles. The molecule has 0 bridgehead atoms. The lowest BCUT2D eigenvalue weighted by atomic mass is 9.76. The summed E-state index contributed by atoms with van der Waals surface area (Å²) in [6.45, 7) is 9.57. The number of rotatable bonds is 4. The molecule has 1 N–H and O–H groups in total. The molecule has 0 aromatic carbocycles. The molecule has 0 radical (unpaired) electrons. The van der Waals surface area contributed by atoms with Crippen LogP contribution in [0.5, 0.6) is 0 Å². The van der Waals surface area contributed by atoms with E-state index in [0.29, 0.717) is 25.7 Å². The number of nitrogens with one attached hydrogen (secondary N) is 1. The zero-order chi connectivity index (χ0) is 13.9. The summed E-state index contributed by atoms with van der Waals surface area (Å²) in [7, 11) is 0. The van der Waals surface area contributed by atoms with Gasteiger partial charge in [0.2, 0.25) is 5.91 Å². The molecule has 1 atom stereocenters. The van der Waals surface area contributed by atoms with E-state index in [2.05, 4.69) is 19.2 Å². The van der Waals surface area contributed by atoms with E-state index in [4.69, 9.17) is 14.2 Å². The highest BCUT2D eigenvalue weighted by Gasteiger charge is 2.35. The first kappa shape index (κ1) is 14.8. The van der Waals surface area contributed by atoms with Crippen molar-refractivity contribution in [2.45, 2.75) is 39.4 Å². The number of ether oxygens (including phenoxy) is 3. The Morgan fingerprint density at radius 3 is 2.53 bits per heavy atom. The van der Waals surface area contributed by atoms with Crippen LogP contribution in [0.1, 0.15) is 33.6 Å². The lowest BCUT2D eigenvalue weighted by Gasteiger charge is -2.38. The molecule has 5 nitrogen and oxygen atoms in total. The Morgan fingerprint density at radius 1 is 1.21 bits per heavy atom. The summed E-state index contributed by atoms with van der Waals surface area (Å²) in [5, 5.41) is 3.01. The van der Waals surface area contributed by atoms with E-state index in [0.717, 1.165) is 19.6 Å². The molecule has 0 aromatic rings. The van der Waals surface area contributed by atoms with Crippen molar-refractivity contribution in [3.8, 4) is 0 Å². The second kappa shape index (κ2) is 5.77. The summed E-state index contributed by atoms with van der Waals surface area (Å²) in [5.41, 5.74) is 0.121. The molecule has 2 aliphatic rings. The molecule has 0 saturated carbocycles. The van der Waals surface area contributed by atoms with Gasteiger partial charge < -0.3 is 19.5 Å². The molecule has 0 aliphatic carbocycles. The van der Waals surface area contributed by atoms with Crippen LogP contribution < -0.4 is 5.32 Å². The minimum absolute atomic E-state index is 0.00769. The fraction of sp³-hybridized carbons (Fsp3) is 0.929. The molecule has 2 saturated heterocycles. The third-order valence-electron chi connectivity index (χ3n) is 4.12. The number of carbonyl (C=O) groups excluding carboxylic acids is 1. The molecule has 0 spiro atoms. The van der Waals surface area contributed by atoms with Crippen molar-refractivity contribution in [1.82, 2.24) is 5.32 Å². The minimum Gasteiger partial charge on any atom is -0.381 e. The maximum atomic E-state index is 12.0. The van der Waals surface area contributed by atoms with Gasteiger partial charge in [-0.2, -0.15) is 0 Å². The molecular weight excluding hydrogens is 246 g/mol. The molecule has 0 aromatic heterocycles. The van der Waals surface area contributed by atoms with Gasteiger partial charge in [0.1, 0.15) is 0 Å². The summed E-state index contributed by atoms with van der Waals surface area (Å²) in [5.74, 6) is -0.287. The van der Waals surface area contributed by atoms with Crippen molar-refractivity contribution < 1.29 is 19.0 Å². The van der Waals surface area contributed by atoms with Crippen LogP contribution in [-0.2, 0) is 19.0 Å². The van der Waals surface area contributed by atoms with Gasteiger partial charge in [0, 0.05) is 13.2 Å². The topological polar surface area (TPSA) is 56.8 Å². The normalized spacial score (nSPS) is 29.1. The number of carbonyl (C=O) groups is 1. The Balaban J connectivity index is 1.76. The Morgan fingerprint density at radius 2 is 1.89 bits per heavy atom. The van der Waals surface area contributed by atoms with E-state index in [9.17, 15) is 4.79 Å². The van der Waals surface area contributed by atoms with Crippen molar-refractivity contribution in [3.63, 3.8) is 0 Å². The molecule has 1 unspecified atom stereocenters. The maximum absolute atomic E-state index is 12.0. The summed E-state index contributed by atoms with van der Waals surface area (Å²) in [6, 6.07) is 0. The van der Waals surface area contributed by atoms with Gasteiger partial charge >= 0.3 is 0 Å². The van der Waals surface area contributed by atoms with Gasteiger partial charge in [-0.05, 0) is 24.7 Å². The first-order valence-electron chi connectivity index (χ1n) is 7.04. The molecule has 19 heavy (non-hydrogen) atoms. The zero-order valence-electron chi connectivity index (χ0n) is 12.2. The monoisotopic (exact) mass is 271 g/mol. The maximum Gasteiger partial charge on any atom is 0.225 e. The Hall–Kier alpha value is -0.650. The first-order chi connectivity index (χ1) is 8.91. The largest absolute Gasteiger partial charge is 0.381 e. The highest BCUT2D eigenvalue weighted by molar-refractivity contribution is 5.76. The predicted octanol–water partition coefficient (Wildman–Crippen LogP) is 1.32. The van der Waals surface area contributed by atoms with Gasteiger partial charge in [0.15, 0.2) is 5.79 Å². The fourth-order valence-electron chi connectivity index (χ4n) is 2.70. The van der Waals surface area contributed by atoms with E-state index in [1.165, 1.54) is 0 Å². The minimum atomic E-state index is -0.741. The first-order valence-corrected chi connectivity index (χ1v) is 7.04. The standard InChI is InChI=1S/C14H25NO4/c1-13(2)10-17-5-4-11(13)9-15-12(16)8-14(3)18-6-7-19-14/h11H,4-10H2,1-3H3,(H,15,16). The van der Waals surface area contributed by atoms with Gasteiger partial charge in [-0.3, -0.25) is 4.79 Å². The highest BCUT2D eigenvalue weighted by Crippen LogP contribution is 2.33. The van der Waals surface area contributed by atoms with Crippen LogP contribution in [0.15, 0.2) is 0 Å². The van der Waals surface area contributed by atoms with E-state index in [-0.39, 0.29) is 17.7 Å². The van der Waals surface area contributed by atoms with Crippen molar-refractivity contribution in [1.29, 1.82) is 0 Å². The van der Waals surface area contributed by atoms with Crippen molar-refractivity contribution in [2.75, 3.05) is 33.0 Å². The van der Waals surface area contributed by atoms with Gasteiger partial charge in [-0.15, -0.1) is 0 Å². The van der Waals surface area contributed by atoms with E-state index in [1.807, 2.05) is 6.92 Å². The molecule has 2 fully saturated rings. The van der Waals surface area contributed by atoms with E-state index < -0.39 is 5.79 Å². The van der Waals surface area contributed by atoms with E-state index >= 15 is 0 Å². The van der Waals surface area contributed by atoms with Crippen LogP contribution in [-0.4, -0.2) is 44.7 Å². The molecule has 2 heterocycles. The van der Waals surface area contributed by atoms with Crippen molar-refractivity contribution in [2.24, 2.45) is 11.3 Å². The zero-order valence-corrected chi connectivity index (χ0v) is 12.2. The molecule has 2 rings (SSSR count). The number of hydrogen-bond donors (Lipinski definition) is 1. The fourth-order valence-corrected chi connectivity index (χ4v) is 2.70. The predicted molar refractivity (Wildman–Crippen MR) is 70.6 cm³/mol. The molecule has 1 amide bonds. The highest BCUT2D eigenvalue weighted by atomic mass is 16.7. The van der Waals surface area contributed by atoms with E-state index in [1.54, 1.807) is 0 Å². The second-order valence-electron chi connectivity index (χ2n) is 6.34. The Kier molecular flexibility index (Phi) is 4.48. The lowest BCUT2D eigenvalue weighted by molar-refractivity contribution is -0.160. The average molecular weight is 271 g/mol. The molecule has 110 valence electrons. The van der Waals surface area contributed by atoms with Gasteiger partial charge in [-0.1, -0.05) is 13.8 Å². The van der Waals surface area contributed by atoms with Crippen molar-refractivity contribution in [3.05, 3.63) is 0 Å². The van der Waals surface area contributed by atoms with Crippen LogP contribution in [0.2, 0.25) is 0 Å². The second-order valence-corrected chi connectivity index (χ2v) is 6.34. The lowest BCUT2D eigenvalue weighted by Crippen LogP contribution is -2.44. The third kappa shape index (κ3) is 3.91. The summed E-state index contributed by atoms with van der Waals surface area (Å²) in [6.07, 6.45) is 1.26. The molecule has 5 heteroatoms. The third-order valence-corrected chi connectivity index (χ3v) is 4.12. The van der Waals surface area contributed by atoms with Gasteiger partial charge in [-0.25, -0.2) is 0 Å². The molecular formula is C14H25NO4. The summed E-state index contributed by atoms with van der Waals surface area (Å²) < 4.78 is 16.4. The summed E-state index contributed by atoms with van der Waals surface area (Å²) in [4.78, 5) is 12.0. The Labute approximate surface area is 115 Å². The van der Waals surface area contributed by atoms with Crippen LogP contribution in [0, 0.1) is 11.3 Å². The van der Waals surface area contributed by atoms with Crippen LogP contribution in [0.4, 0.5) is 0 Å². The summed E-state index contributed by atoms with van der Waals surface area (Å²) >= 11 is 0. The van der Waals surface area contributed by atoms with Gasteiger partial charge in [0.25, 0.3) is 0 Å². The number of amides is 1. The van der Waals surface area contributed by atoms with Crippen molar-refractivity contribution >= 4 is 5.91 Å². The van der Waals surface area contributed by atoms with Gasteiger partial charge in [0.05, 0.1) is 26.2 Å². The Bertz CT molecular complexity index is 323.